The van der Waals surface area contributed by atoms with Crippen LogP contribution in [0.25, 0.3) is 0 Å². The van der Waals surface area contributed by atoms with Gasteiger partial charge in [0.2, 0.25) is 0 Å². The van der Waals surface area contributed by atoms with Crippen LogP contribution in [0.5, 0.6) is 0 Å². The molecule has 2 fully saturated rings. The molecule has 0 amide bonds. The van der Waals surface area contributed by atoms with Crippen LogP contribution in [0.4, 0.5) is 0 Å². The molecule has 1 spiro atoms. The third kappa shape index (κ3) is 2.98. The van der Waals surface area contributed by atoms with Crippen LogP contribution in [-0.4, -0.2) is 49.5 Å². The van der Waals surface area contributed by atoms with Crippen molar-refractivity contribution < 1.29 is 9.47 Å². The second-order valence-corrected chi connectivity index (χ2v) is 5.02. The summed E-state index contributed by atoms with van der Waals surface area (Å²) in [7, 11) is 0. The van der Waals surface area contributed by atoms with Gasteiger partial charge in [-0.1, -0.05) is 6.92 Å². The van der Waals surface area contributed by atoms with E-state index in [1.807, 2.05) is 0 Å². The summed E-state index contributed by atoms with van der Waals surface area (Å²) in [5.74, 6) is 0. The monoisotopic (exact) mass is 238 g/mol. The second kappa shape index (κ2) is 5.81. The molecular formula is C13H22N2O2. The highest BCUT2D eigenvalue weighted by Crippen LogP contribution is 2.34. The number of nitriles is 1. The Kier molecular flexibility index (Phi) is 4.38. The van der Waals surface area contributed by atoms with Gasteiger partial charge in [-0.3, -0.25) is 4.90 Å². The highest BCUT2D eigenvalue weighted by Gasteiger charge is 2.42. The Morgan fingerprint density at radius 3 is 3.00 bits per heavy atom. The van der Waals surface area contributed by atoms with Gasteiger partial charge in [0.15, 0.2) is 0 Å². The van der Waals surface area contributed by atoms with E-state index in [0.29, 0.717) is 12.5 Å². The minimum atomic E-state index is -0.0248. The highest BCUT2D eigenvalue weighted by atomic mass is 16.6. The molecule has 0 aliphatic carbocycles. The first-order valence-electron chi connectivity index (χ1n) is 6.62. The fourth-order valence-electron chi connectivity index (χ4n) is 2.97. The van der Waals surface area contributed by atoms with Crippen LogP contribution in [0.1, 0.15) is 32.6 Å². The maximum Gasteiger partial charge on any atom is 0.0951 e. The standard InChI is InChI=1S/C13H22N2O2/c1-2-15(7-3-6-14)12-4-8-17-13(10-12)5-9-16-11-13/h12H,2-5,7-11H2,1H3. The van der Waals surface area contributed by atoms with Crippen molar-refractivity contribution in [3.8, 4) is 6.07 Å². The summed E-state index contributed by atoms with van der Waals surface area (Å²) < 4.78 is 11.4. The van der Waals surface area contributed by atoms with Gasteiger partial charge in [-0.2, -0.15) is 5.26 Å². The van der Waals surface area contributed by atoms with Gasteiger partial charge in [0, 0.05) is 38.6 Å². The van der Waals surface area contributed by atoms with Crippen molar-refractivity contribution in [1.82, 2.24) is 4.90 Å². The number of hydrogen-bond donors (Lipinski definition) is 0. The van der Waals surface area contributed by atoms with E-state index in [9.17, 15) is 0 Å². The Balaban J connectivity index is 1.93. The molecule has 2 aliphatic heterocycles. The summed E-state index contributed by atoms with van der Waals surface area (Å²) in [5.41, 5.74) is -0.0248. The molecule has 2 heterocycles. The van der Waals surface area contributed by atoms with Crippen molar-refractivity contribution in [3.05, 3.63) is 0 Å². The Labute approximate surface area is 103 Å². The smallest absolute Gasteiger partial charge is 0.0951 e. The molecule has 0 radical (unpaired) electrons. The predicted octanol–water partition coefficient (Wildman–Crippen LogP) is 1.56. The largest absolute Gasteiger partial charge is 0.378 e. The molecule has 0 aromatic rings. The van der Waals surface area contributed by atoms with E-state index in [4.69, 9.17) is 14.7 Å². The Bertz CT molecular complexity index is 282. The van der Waals surface area contributed by atoms with Crippen LogP contribution in [0, 0.1) is 11.3 Å². The molecule has 4 nitrogen and oxygen atoms in total. The number of ether oxygens (including phenoxy) is 2. The average Bonchev–Trinajstić information content (AvgIpc) is 2.78. The van der Waals surface area contributed by atoms with Crippen LogP contribution in [0.3, 0.4) is 0 Å². The van der Waals surface area contributed by atoms with Crippen molar-refractivity contribution in [2.75, 3.05) is 32.9 Å². The van der Waals surface area contributed by atoms with E-state index in [-0.39, 0.29) is 5.60 Å². The first-order chi connectivity index (χ1) is 8.29. The lowest BCUT2D eigenvalue weighted by molar-refractivity contribution is -0.105. The summed E-state index contributed by atoms with van der Waals surface area (Å²) in [4.78, 5) is 2.42. The molecule has 0 aromatic heterocycles. The minimum Gasteiger partial charge on any atom is -0.378 e. The lowest BCUT2D eigenvalue weighted by Gasteiger charge is -2.41. The molecule has 0 saturated carbocycles. The molecule has 0 N–H and O–H groups in total. The maximum absolute atomic E-state index is 8.69. The molecule has 2 saturated heterocycles. The van der Waals surface area contributed by atoms with E-state index < -0.39 is 0 Å². The first-order valence-corrected chi connectivity index (χ1v) is 6.62. The van der Waals surface area contributed by atoms with Crippen LogP contribution < -0.4 is 0 Å². The normalized spacial score (nSPS) is 33.1. The third-order valence-electron chi connectivity index (χ3n) is 3.97. The van der Waals surface area contributed by atoms with Crippen LogP contribution in [0.2, 0.25) is 0 Å². The summed E-state index contributed by atoms with van der Waals surface area (Å²) in [6.45, 7) is 6.48. The zero-order valence-electron chi connectivity index (χ0n) is 10.7. The van der Waals surface area contributed by atoms with Gasteiger partial charge in [-0.15, -0.1) is 0 Å². The molecule has 96 valence electrons. The predicted molar refractivity (Wildman–Crippen MR) is 64.6 cm³/mol. The zero-order valence-corrected chi connectivity index (χ0v) is 10.7. The van der Waals surface area contributed by atoms with Gasteiger partial charge in [0.1, 0.15) is 0 Å². The van der Waals surface area contributed by atoms with Crippen LogP contribution in [0.15, 0.2) is 0 Å². The first kappa shape index (κ1) is 12.8. The number of hydrogen-bond acceptors (Lipinski definition) is 4. The van der Waals surface area contributed by atoms with Crippen molar-refractivity contribution in [2.24, 2.45) is 0 Å². The van der Waals surface area contributed by atoms with Gasteiger partial charge >= 0.3 is 0 Å². The fourth-order valence-corrected chi connectivity index (χ4v) is 2.97. The SMILES string of the molecule is CCN(CCC#N)C1CCOC2(CCOC2)C1. The van der Waals surface area contributed by atoms with E-state index in [2.05, 4.69) is 17.9 Å². The zero-order chi connectivity index (χ0) is 12.1. The van der Waals surface area contributed by atoms with Crippen molar-refractivity contribution in [3.63, 3.8) is 0 Å². The summed E-state index contributed by atoms with van der Waals surface area (Å²) in [6.07, 6.45) is 3.79. The molecule has 0 aromatic carbocycles. The molecule has 17 heavy (non-hydrogen) atoms. The highest BCUT2D eigenvalue weighted by molar-refractivity contribution is 4.93. The second-order valence-electron chi connectivity index (χ2n) is 5.02. The van der Waals surface area contributed by atoms with Gasteiger partial charge < -0.3 is 9.47 Å². The van der Waals surface area contributed by atoms with Gasteiger partial charge in [0.05, 0.1) is 18.3 Å². The lowest BCUT2D eigenvalue weighted by Crippen LogP contribution is -2.49. The molecule has 2 rings (SSSR count). The lowest BCUT2D eigenvalue weighted by atomic mass is 9.89. The van der Waals surface area contributed by atoms with Crippen LogP contribution >= 0.6 is 0 Å². The summed E-state index contributed by atoms with van der Waals surface area (Å²) >= 11 is 0. The van der Waals surface area contributed by atoms with Crippen molar-refractivity contribution >= 4 is 0 Å². The van der Waals surface area contributed by atoms with E-state index >= 15 is 0 Å². The topological polar surface area (TPSA) is 45.5 Å². The van der Waals surface area contributed by atoms with Gasteiger partial charge in [0.25, 0.3) is 0 Å². The maximum atomic E-state index is 8.69. The number of nitrogens with zero attached hydrogens (tertiary/aromatic N) is 2. The minimum absolute atomic E-state index is 0.0248. The Hall–Kier alpha value is -0.630. The molecule has 2 atom stereocenters. The Morgan fingerprint density at radius 1 is 1.47 bits per heavy atom. The van der Waals surface area contributed by atoms with Crippen molar-refractivity contribution in [2.45, 2.75) is 44.2 Å². The summed E-state index contributed by atoms with van der Waals surface area (Å²) in [6, 6.07) is 2.79. The van der Waals surface area contributed by atoms with Gasteiger partial charge in [-0.25, -0.2) is 0 Å². The summed E-state index contributed by atoms with van der Waals surface area (Å²) in [5, 5.41) is 8.69. The van der Waals surface area contributed by atoms with E-state index in [0.717, 1.165) is 52.2 Å². The Morgan fingerprint density at radius 2 is 2.35 bits per heavy atom. The third-order valence-corrected chi connectivity index (χ3v) is 3.97. The molecular weight excluding hydrogens is 216 g/mol. The molecule has 4 heteroatoms. The van der Waals surface area contributed by atoms with Crippen molar-refractivity contribution in [1.29, 1.82) is 5.26 Å². The number of rotatable bonds is 4. The average molecular weight is 238 g/mol. The van der Waals surface area contributed by atoms with E-state index in [1.54, 1.807) is 0 Å². The molecule has 2 aliphatic rings. The van der Waals surface area contributed by atoms with Gasteiger partial charge in [-0.05, 0) is 19.4 Å². The van der Waals surface area contributed by atoms with Crippen LogP contribution in [-0.2, 0) is 9.47 Å². The quantitative estimate of drug-likeness (QED) is 0.745. The molecule has 2 unspecified atom stereocenters. The van der Waals surface area contributed by atoms with E-state index in [1.165, 1.54) is 0 Å². The fraction of sp³-hybridized carbons (Fsp3) is 0.923. The molecule has 0 bridgehead atoms.